The van der Waals surface area contributed by atoms with Crippen LogP contribution >= 0.6 is 0 Å². The summed E-state index contributed by atoms with van der Waals surface area (Å²) in [5.41, 5.74) is 13.1. The van der Waals surface area contributed by atoms with E-state index in [0.29, 0.717) is 5.69 Å². The molecule has 7 nitrogen and oxygen atoms in total. The Labute approximate surface area is 151 Å². The molecule has 1 saturated carbocycles. The highest BCUT2D eigenvalue weighted by Crippen LogP contribution is 2.27. The molecule has 138 valence electrons. The summed E-state index contributed by atoms with van der Waals surface area (Å²) < 4.78 is 14.5. The predicted octanol–water partition coefficient (Wildman–Crippen LogP) is 2.45. The highest BCUT2D eigenvalue weighted by molar-refractivity contribution is 5.98. The van der Waals surface area contributed by atoms with E-state index in [-0.39, 0.29) is 29.3 Å². The van der Waals surface area contributed by atoms with Gasteiger partial charge < -0.3 is 22.1 Å². The smallest absolute Gasteiger partial charge is 0.252 e. The first kappa shape index (κ1) is 18.1. The van der Waals surface area contributed by atoms with Crippen LogP contribution in [0.2, 0.25) is 0 Å². The predicted molar refractivity (Wildman–Crippen MR) is 98.8 cm³/mol. The summed E-state index contributed by atoms with van der Waals surface area (Å²) in [6, 6.07) is 2.80. The van der Waals surface area contributed by atoms with Crippen molar-refractivity contribution in [2.75, 3.05) is 10.6 Å². The van der Waals surface area contributed by atoms with Crippen molar-refractivity contribution in [3.05, 3.63) is 41.5 Å². The van der Waals surface area contributed by atoms with Gasteiger partial charge in [-0.25, -0.2) is 9.37 Å². The number of nitrogens with zero attached hydrogens (tertiary/aromatic N) is 2. The largest absolute Gasteiger partial charge is 0.365 e. The molecule has 6 N–H and O–H groups in total. The molecule has 0 spiro atoms. The minimum Gasteiger partial charge on any atom is -0.365 e. The van der Waals surface area contributed by atoms with Gasteiger partial charge in [-0.1, -0.05) is 12.8 Å². The maximum absolute atomic E-state index is 14.5. The Hall–Kier alpha value is -2.74. The van der Waals surface area contributed by atoms with E-state index in [2.05, 4.69) is 20.6 Å². The zero-order valence-corrected chi connectivity index (χ0v) is 14.6. The maximum Gasteiger partial charge on any atom is 0.252 e. The van der Waals surface area contributed by atoms with Crippen LogP contribution in [0.15, 0.2) is 24.5 Å². The fraction of sp³-hybridized carbons (Fsp3) is 0.389. The number of nitrogens with one attached hydrogen (secondary N) is 2. The molecule has 0 radical (unpaired) electrons. The van der Waals surface area contributed by atoms with E-state index < -0.39 is 11.7 Å². The van der Waals surface area contributed by atoms with Gasteiger partial charge in [-0.2, -0.15) is 0 Å². The summed E-state index contributed by atoms with van der Waals surface area (Å²) in [6.45, 7) is 1.89. The second-order valence-corrected chi connectivity index (χ2v) is 6.59. The first-order valence-corrected chi connectivity index (χ1v) is 8.66. The van der Waals surface area contributed by atoms with Crippen LogP contribution in [0.1, 0.15) is 41.6 Å². The number of amides is 1. The molecule has 2 aromatic heterocycles. The second-order valence-electron chi connectivity index (χ2n) is 6.59. The highest BCUT2D eigenvalue weighted by atomic mass is 19.1. The van der Waals surface area contributed by atoms with Crippen molar-refractivity contribution in [3.63, 3.8) is 0 Å². The number of nitrogens with two attached hydrogens (primary N) is 2. The lowest BCUT2D eigenvalue weighted by Gasteiger charge is -2.30. The van der Waals surface area contributed by atoms with Gasteiger partial charge in [-0.3, -0.25) is 9.78 Å². The minimum absolute atomic E-state index is 0.0238. The van der Waals surface area contributed by atoms with E-state index in [1.807, 2.05) is 13.0 Å². The van der Waals surface area contributed by atoms with Gasteiger partial charge in [-0.15, -0.1) is 0 Å². The van der Waals surface area contributed by atoms with E-state index in [1.54, 1.807) is 12.4 Å². The Morgan fingerprint density at radius 1 is 1.31 bits per heavy atom. The Balaban J connectivity index is 1.93. The first-order valence-electron chi connectivity index (χ1n) is 8.66. The van der Waals surface area contributed by atoms with Crippen molar-refractivity contribution in [3.8, 4) is 0 Å². The van der Waals surface area contributed by atoms with Gasteiger partial charge in [0.15, 0.2) is 11.6 Å². The number of pyridine rings is 2. The molecule has 1 aliphatic rings. The molecule has 2 unspecified atom stereocenters. The van der Waals surface area contributed by atoms with Crippen molar-refractivity contribution >= 4 is 23.2 Å². The molecule has 8 heteroatoms. The molecule has 3 rings (SSSR count). The fourth-order valence-electron chi connectivity index (χ4n) is 3.11. The van der Waals surface area contributed by atoms with Crippen LogP contribution in [0, 0.1) is 12.7 Å². The van der Waals surface area contributed by atoms with Crippen LogP contribution < -0.4 is 22.1 Å². The van der Waals surface area contributed by atoms with E-state index in [0.717, 1.165) is 37.3 Å². The number of primary amides is 1. The number of hydrogen-bond acceptors (Lipinski definition) is 6. The molecule has 0 saturated heterocycles. The van der Waals surface area contributed by atoms with Crippen LogP contribution in [0.5, 0.6) is 0 Å². The molecule has 0 aromatic carbocycles. The summed E-state index contributed by atoms with van der Waals surface area (Å²) in [5, 5.41) is 6.11. The Kier molecular flexibility index (Phi) is 5.32. The fourth-order valence-corrected chi connectivity index (χ4v) is 3.11. The summed E-state index contributed by atoms with van der Waals surface area (Å²) in [7, 11) is 0. The molecule has 1 fully saturated rings. The van der Waals surface area contributed by atoms with Crippen molar-refractivity contribution < 1.29 is 9.18 Å². The van der Waals surface area contributed by atoms with Gasteiger partial charge in [-0.05, 0) is 37.5 Å². The van der Waals surface area contributed by atoms with Crippen molar-refractivity contribution in [1.29, 1.82) is 0 Å². The number of anilines is 3. The first-order chi connectivity index (χ1) is 12.5. The van der Waals surface area contributed by atoms with E-state index in [1.165, 1.54) is 0 Å². The third-order valence-electron chi connectivity index (χ3n) is 4.68. The van der Waals surface area contributed by atoms with E-state index >= 15 is 0 Å². The topological polar surface area (TPSA) is 119 Å². The van der Waals surface area contributed by atoms with Crippen LogP contribution in [0.25, 0.3) is 0 Å². The van der Waals surface area contributed by atoms with Gasteiger partial charge in [0.2, 0.25) is 0 Å². The van der Waals surface area contributed by atoms with Gasteiger partial charge in [0.1, 0.15) is 5.82 Å². The zero-order chi connectivity index (χ0) is 18.7. The average molecular weight is 358 g/mol. The van der Waals surface area contributed by atoms with Crippen molar-refractivity contribution in [2.45, 2.75) is 44.7 Å². The summed E-state index contributed by atoms with van der Waals surface area (Å²) >= 11 is 0. The number of hydrogen-bond donors (Lipinski definition) is 4. The Morgan fingerprint density at radius 2 is 2.08 bits per heavy atom. The molecule has 2 aromatic rings. The van der Waals surface area contributed by atoms with Gasteiger partial charge in [0.05, 0.1) is 17.4 Å². The van der Waals surface area contributed by atoms with E-state index in [9.17, 15) is 9.18 Å². The molecule has 1 aliphatic carbocycles. The van der Waals surface area contributed by atoms with Crippen LogP contribution in [-0.4, -0.2) is 28.0 Å². The normalized spacial score (nSPS) is 19.8. The average Bonchev–Trinajstić information content (AvgIpc) is 2.61. The number of aromatic nitrogens is 2. The molecule has 0 aliphatic heterocycles. The molecule has 2 atom stereocenters. The lowest BCUT2D eigenvalue weighted by atomic mass is 9.91. The summed E-state index contributed by atoms with van der Waals surface area (Å²) in [5.74, 6) is -1.16. The lowest BCUT2D eigenvalue weighted by Crippen LogP contribution is -2.43. The number of rotatable bonds is 5. The SMILES string of the molecule is Cc1ccncc1Nc1nc(NC2CCCCC2N)c(F)cc1C(N)=O. The van der Waals surface area contributed by atoms with Crippen molar-refractivity contribution in [2.24, 2.45) is 11.5 Å². The van der Waals surface area contributed by atoms with Crippen LogP contribution in [-0.2, 0) is 0 Å². The van der Waals surface area contributed by atoms with Crippen molar-refractivity contribution in [1.82, 2.24) is 9.97 Å². The van der Waals surface area contributed by atoms with Crippen LogP contribution in [0.4, 0.5) is 21.7 Å². The second kappa shape index (κ2) is 7.65. The van der Waals surface area contributed by atoms with Gasteiger partial charge >= 0.3 is 0 Å². The summed E-state index contributed by atoms with van der Waals surface area (Å²) in [4.78, 5) is 20.0. The zero-order valence-electron chi connectivity index (χ0n) is 14.6. The van der Waals surface area contributed by atoms with Gasteiger partial charge in [0.25, 0.3) is 5.91 Å². The summed E-state index contributed by atoms with van der Waals surface area (Å²) in [6.07, 6.45) is 7.11. The molecule has 26 heavy (non-hydrogen) atoms. The maximum atomic E-state index is 14.5. The number of carbonyl (C=O) groups excluding carboxylic acids is 1. The van der Waals surface area contributed by atoms with Crippen LogP contribution in [0.3, 0.4) is 0 Å². The molecule has 1 amide bonds. The number of aryl methyl sites for hydroxylation is 1. The molecule has 2 heterocycles. The monoisotopic (exact) mass is 358 g/mol. The van der Waals surface area contributed by atoms with E-state index in [4.69, 9.17) is 11.5 Å². The third-order valence-corrected chi connectivity index (χ3v) is 4.68. The van der Waals surface area contributed by atoms with Gasteiger partial charge in [0, 0.05) is 18.3 Å². The third kappa shape index (κ3) is 3.91. The number of halogens is 1. The Bertz CT molecular complexity index is 812. The molecule has 0 bridgehead atoms. The minimum atomic E-state index is -0.763. The number of carbonyl (C=O) groups is 1. The highest BCUT2D eigenvalue weighted by Gasteiger charge is 2.24. The lowest BCUT2D eigenvalue weighted by molar-refractivity contribution is 0.100. The Morgan fingerprint density at radius 3 is 2.77 bits per heavy atom. The molecular formula is C18H23FN6O. The standard InChI is InChI=1S/C18H23FN6O/c1-10-6-7-22-9-15(10)24-17-11(16(21)26)8-12(19)18(25-17)23-14-5-3-2-4-13(14)20/h6-9,13-14H,2-5,20H2,1H3,(H2,21,26)(H2,23,24,25). The molecular weight excluding hydrogens is 335 g/mol. The quantitative estimate of drug-likeness (QED) is 0.652.